The molecule has 180 valence electrons. The number of pyridine rings is 1. The topological polar surface area (TPSA) is 82.4 Å². The highest BCUT2D eigenvalue weighted by atomic mass is 35.5. The maximum absolute atomic E-state index is 12.9. The van der Waals surface area contributed by atoms with Gasteiger partial charge in [-0.15, -0.1) is 0 Å². The minimum atomic E-state index is 0.0252. The third-order valence-corrected chi connectivity index (χ3v) is 6.38. The molecule has 1 aliphatic carbocycles. The van der Waals surface area contributed by atoms with E-state index in [-0.39, 0.29) is 18.6 Å². The molecule has 1 fully saturated rings. The predicted molar refractivity (Wildman–Crippen MR) is 131 cm³/mol. The Hall–Kier alpha value is -2.97. The van der Waals surface area contributed by atoms with Crippen molar-refractivity contribution in [3.05, 3.63) is 47.7 Å². The van der Waals surface area contributed by atoms with Crippen LogP contribution in [0.25, 0.3) is 22.8 Å². The molecule has 1 aliphatic rings. The summed E-state index contributed by atoms with van der Waals surface area (Å²) in [4.78, 5) is 23.8. The second-order valence-corrected chi connectivity index (χ2v) is 8.64. The van der Waals surface area contributed by atoms with E-state index >= 15 is 0 Å². The number of halogens is 1. The van der Waals surface area contributed by atoms with Gasteiger partial charge in [-0.05, 0) is 50.1 Å². The van der Waals surface area contributed by atoms with Crippen molar-refractivity contribution in [1.82, 2.24) is 24.6 Å². The predicted octanol–water partition coefficient (Wildman–Crippen LogP) is 4.48. The summed E-state index contributed by atoms with van der Waals surface area (Å²) in [7, 11) is 1.59. The number of hydrogen-bond acceptors (Lipinski definition) is 6. The van der Waals surface area contributed by atoms with Crippen molar-refractivity contribution in [2.24, 2.45) is 0 Å². The van der Waals surface area contributed by atoms with E-state index in [1.807, 2.05) is 46.8 Å². The van der Waals surface area contributed by atoms with Gasteiger partial charge in [-0.3, -0.25) is 9.78 Å². The highest BCUT2D eigenvalue weighted by molar-refractivity contribution is 6.32. The van der Waals surface area contributed by atoms with E-state index in [2.05, 4.69) is 4.98 Å². The summed E-state index contributed by atoms with van der Waals surface area (Å²) in [5.74, 6) is 1.90. The first kappa shape index (κ1) is 24.2. The van der Waals surface area contributed by atoms with Crippen LogP contribution in [0.1, 0.15) is 32.6 Å². The third kappa shape index (κ3) is 5.56. The molecule has 2 heterocycles. The Balaban J connectivity index is 1.64. The number of carbonyl (C=O) groups excluding carboxylic acids is 1. The Morgan fingerprint density at radius 1 is 1.18 bits per heavy atom. The van der Waals surface area contributed by atoms with Crippen molar-refractivity contribution in [3.63, 3.8) is 0 Å². The van der Waals surface area contributed by atoms with Gasteiger partial charge < -0.3 is 14.4 Å². The lowest BCUT2D eigenvalue weighted by Crippen LogP contribution is -2.43. The fraction of sp³-hybridized carbons (Fsp3) is 0.440. The molecular weight excluding hydrogens is 454 g/mol. The van der Waals surface area contributed by atoms with E-state index in [9.17, 15) is 4.79 Å². The number of methoxy groups -OCH3 is 1. The SMILES string of the molecule is CCOCC(=O)N(CCn1nc(-c2ccncc2)nc1-c1ccc(OC)c(Cl)c1)C1CCCC1. The molecule has 1 amide bonds. The lowest BCUT2D eigenvalue weighted by atomic mass is 10.2. The van der Waals surface area contributed by atoms with Crippen LogP contribution in [0.2, 0.25) is 5.02 Å². The van der Waals surface area contributed by atoms with Crippen LogP contribution in [0.5, 0.6) is 5.75 Å². The average molecular weight is 484 g/mol. The summed E-state index contributed by atoms with van der Waals surface area (Å²) in [6, 6.07) is 9.55. The number of hydrogen-bond donors (Lipinski definition) is 0. The maximum atomic E-state index is 12.9. The maximum Gasteiger partial charge on any atom is 0.248 e. The second-order valence-electron chi connectivity index (χ2n) is 8.23. The van der Waals surface area contributed by atoms with Gasteiger partial charge in [0.1, 0.15) is 12.4 Å². The summed E-state index contributed by atoms with van der Waals surface area (Å²) >= 11 is 6.40. The molecule has 0 atom stereocenters. The Labute approximate surface area is 204 Å². The summed E-state index contributed by atoms with van der Waals surface area (Å²) < 4.78 is 12.6. The molecule has 0 unspecified atom stereocenters. The second kappa shape index (κ2) is 11.4. The number of ether oxygens (including phenoxy) is 2. The molecule has 0 bridgehead atoms. The van der Waals surface area contributed by atoms with Gasteiger partial charge in [-0.1, -0.05) is 24.4 Å². The van der Waals surface area contributed by atoms with Crippen molar-refractivity contribution >= 4 is 17.5 Å². The van der Waals surface area contributed by atoms with E-state index < -0.39 is 0 Å². The number of aromatic nitrogens is 4. The average Bonchev–Trinajstić information content (AvgIpc) is 3.54. The van der Waals surface area contributed by atoms with Crippen molar-refractivity contribution in [2.45, 2.75) is 45.2 Å². The highest BCUT2D eigenvalue weighted by Crippen LogP contribution is 2.31. The molecule has 0 saturated heterocycles. The van der Waals surface area contributed by atoms with E-state index in [1.54, 1.807) is 19.5 Å². The molecule has 0 radical (unpaired) electrons. The van der Waals surface area contributed by atoms with Crippen LogP contribution in [-0.4, -0.2) is 63.5 Å². The normalized spacial score (nSPS) is 13.9. The van der Waals surface area contributed by atoms with Crippen molar-refractivity contribution < 1.29 is 14.3 Å². The van der Waals surface area contributed by atoms with Crippen molar-refractivity contribution in [1.29, 1.82) is 0 Å². The van der Waals surface area contributed by atoms with Crippen molar-refractivity contribution in [3.8, 4) is 28.5 Å². The Morgan fingerprint density at radius 2 is 1.94 bits per heavy atom. The fourth-order valence-electron chi connectivity index (χ4n) is 4.34. The fourth-order valence-corrected chi connectivity index (χ4v) is 4.60. The Morgan fingerprint density at radius 3 is 2.62 bits per heavy atom. The molecule has 1 aromatic carbocycles. The quantitative estimate of drug-likeness (QED) is 0.423. The zero-order chi connectivity index (χ0) is 23.9. The van der Waals surface area contributed by atoms with Gasteiger partial charge in [0.25, 0.3) is 0 Å². The van der Waals surface area contributed by atoms with Crippen LogP contribution in [-0.2, 0) is 16.1 Å². The van der Waals surface area contributed by atoms with E-state index in [1.165, 1.54) is 0 Å². The lowest BCUT2D eigenvalue weighted by Gasteiger charge is -2.29. The largest absolute Gasteiger partial charge is 0.495 e. The molecular formula is C25H30ClN5O3. The number of nitrogens with zero attached hydrogens (tertiary/aromatic N) is 5. The summed E-state index contributed by atoms with van der Waals surface area (Å²) in [5, 5.41) is 5.28. The minimum Gasteiger partial charge on any atom is -0.495 e. The third-order valence-electron chi connectivity index (χ3n) is 6.09. The first-order valence-electron chi connectivity index (χ1n) is 11.7. The van der Waals surface area contributed by atoms with Crippen LogP contribution in [0.3, 0.4) is 0 Å². The molecule has 3 aromatic rings. The zero-order valence-corrected chi connectivity index (χ0v) is 20.4. The first-order chi connectivity index (χ1) is 16.6. The first-order valence-corrected chi connectivity index (χ1v) is 12.0. The van der Waals surface area contributed by atoms with Gasteiger partial charge in [0.2, 0.25) is 5.91 Å². The van der Waals surface area contributed by atoms with Crippen LogP contribution < -0.4 is 4.74 Å². The van der Waals surface area contributed by atoms with Crippen LogP contribution in [0, 0.1) is 0 Å². The van der Waals surface area contributed by atoms with E-state index in [0.717, 1.165) is 36.8 Å². The molecule has 0 aliphatic heterocycles. The Kier molecular flexibility index (Phi) is 8.13. The minimum absolute atomic E-state index is 0.0252. The number of rotatable bonds is 10. The highest BCUT2D eigenvalue weighted by Gasteiger charge is 2.27. The molecule has 0 spiro atoms. The number of amides is 1. The zero-order valence-electron chi connectivity index (χ0n) is 19.6. The van der Waals surface area contributed by atoms with Crippen LogP contribution in [0.4, 0.5) is 0 Å². The number of benzene rings is 1. The van der Waals surface area contributed by atoms with Gasteiger partial charge in [0.05, 0.1) is 18.7 Å². The van der Waals surface area contributed by atoms with Gasteiger partial charge in [-0.25, -0.2) is 9.67 Å². The van der Waals surface area contributed by atoms with Gasteiger partial charge in [0.15, 0.2) is 11.6 Å². The molecule has 2 aromatic heterocycles. The van der Waals surface area contributed by atoms with E-state index in [0.29, 0.717) is 42.1 Å². The molecule has 0 N–H and O–H groups in total. The molecule has 8 nitrogen and oxygen atoms in total. The molecule has 34 heavy (non-hydrogen) atoms. The van der Waals surface area contributed by atoms with Gasteiger partial charge in [0, 0.05) is 42.7 Å². The number of carbonyl (C=O) groups is 1. The summed E-state index contributed by atoms with van der Waals surface area (Å²) in [6.45, 7) is 3.56. The monoisotopic (exact) mass is 483 g/mol. The summed E-state index contributed by atoms with van der Waals surface area (Å²) in [6.07, 6.45) is 7.78. The van der Waals surface area contributed by atoms with Gasteiger partial charge >= 0.3 is 0 Å². The van der Waals surface area contributed by atoms with Crippen LogP contribution >= 0.6 is 11.6 Å². The van der Waals surface area contributed by atoms with E-state index in [4.69, 9.17) is 31.2 Å². The lowest BCUT2D eigenvalue weighted by molar-refractivity contribution is -0.138. The molecule has 4 rings (SSSR count). The smallest absolute Gasteiger partial charge is 0.248 e. The molecule has 1 saturated carbocycles. The van der Waals surface area contributed by atoms with Crippen molar-refractivity contribution in [2.75, 3.05) is 26.9 Å². The summed E-state index contributed by atoms with van der Waals surface area (Å²) in [5.41, 5.74) is 1.70. The molecule has 9 heteroatoms. The Bertz CT molecular complexity index is 1100. The van der Waals surface area contributed by atoms with Crippen LogP contribution in [0.15, 0.2) is 42.7 Å². The van der Waals surface area contributed by atoms with Gasteiger partial charge in [-0.2, -0.15) is 5.10 Å². The standard InChI is InChI=1S/C25H30ClN5O3/c1-3-34-17-23(32)30(20-6-4-5-7-20)14-15-31-25(19-8-9-22(33-2)21(26)16-19)28-24(29-31)18-10-12-27-13-11-18/h8-13,16,20H,3-7,14-15,17H2,1-2H3.